The highest BCUT2D eigenvalue weighted by atomic mass is 16.5. The van der Waals surface area contributed by atoms with Crippen LogP contribution in [0.4, 0.5) is 5.82 Å². The average molecular weight is 355 g/mol. The van der Waals surface area contributed by atoms with Gasteiger partial charge >= 0.3 is 0 Å². The molecule has 0 bridgehead atoms. The maximum atomic E-state index is 13.2. The van der Waals surface area contributed by atoms with Crippen LogP contribution in [-0.2, 0) is 4.79 Å². The van der Waals surface area contributed by atoms with Gasteiger partial charge in [0.25, 0.3) is 5.91 Å². The largest absolute Gasteiger partial charge is 0.360 e. The molecule has 1 saturated carbocycles. The minimum atomic E-state index is -0.259. The monoisotopic (exact) mass is 355 g/mol. The van der Waals surface area contributed by atoms with Crippen molar-refractivity contribution in [1.82, 2.24) is 10.1 Å². The summed E-state index contributed by atoms with van der Waals surface area (Å²) in [4.78, 5) is 27.4. The number of aromatic nitrogens is 1. The minimum Gasteiger partial charge on any atom is -0.360 e. The second kappa shape index (κ2) is 8.17. The summed E-state index contributed by atoms with van der Waals surface area (Å²) in [6.07, 6.45) is 5.24. The summed E-state index contributed by atoms with van der Waals surface area (Å²) in [6, 6.07) is 9.28. The van der Waals surface area contributed by atoms with E-state index in [1.54, 1.807) is 17.9 Å². The van der Waals surface area contributed by atoms with Gasteiger partial charge in [-0.15, -0.1) is 0 Å². The lowest BCUT2D eigenvalue weighted by molar-refractivity contribution is -0.117. The molecular weight excluding hydrogens is 330 g/mol. The molecular formula is C20H25N3O3. The molecule has 1 aromatic carbocycles. The summed E-state index contributed by atoms with van der Waals surface area (Å²) < 4.78 is 4.97. The minimum absolute atomic E-state index is 0.0176. The van der Waals surface area contributed by atoms with Gasteiger partial charge in [0.1, 0.15) is 12.3 Å². The molecule has 1 aliphatic rings. The number of aryl methyl sites for hydroxylation is 2. The van der Waals surface area contributed by atoms with E-state index in [1.807, 2.05) is 31.2 Å². The van der Waals surface area contributed by atoms with E-state index in [1.165, 1.54) is 6.42 Å². The van der Waals surface area contributed by atoms with Gasteiger partial charge in [0.15, 0.2) is 5.82 Å². The Morgan fingerprint density at radius 1 is 1.19 bits per heavy atom. The highest BCUT2D eigenvalue weighted by molar-refractivity contribution is 6.00. The van der Waals surface area contributed by atoms with Gasteiger partial charge in [-0.25, -0.2) is 0 Å². The SMILES string of the molecule is Cc1cc(NC(=O)CN(C(=O)c2ccccc2C)C2CCCCC2)no1. The van der Waals surface area contributed by atoms with E-state index in [9.17, 15) is 9.59 Å². The van der Waals surface area contributed by atoms with E-state index in [4.69, 9.17) is 4.52 Å². The molecule has 1 fully saturated rings. The van der Waals surface area contributed by atoms with Crippen LogP contribution in [0.3, 0.4) is 0 Å². The van der Waals surface area contributed by atoms with Crippen molar-refractivity contribution in [3.63, 3.8) is 0 Å². The van der Waals surface area contributed by atoms with E-state index < -0.39 is 0 Å². The van der Waals surface area contributed by atoms with Crippen molar-refractivity contribution in [3.05, 3.63) is 47.2 Å². The number of nitrogens with zero attached hydrogens (tertiary/aromatic N) is 2. The molecule has 6 nitrogen and oxygen atoms in total. The molecule has 0 aliphatic heterocycles. The van der Waals surface area contributed by atoms with Crippen LogP contribution < -0.4 is 5.32 Å². The first-order chi connectivity index (χ1) is 12.5. The van der Waals surface area contributed by atoms with Crippen molar-refractivity contribution < 1.29 is 14.1 Å². The van der Waals surface area contributed by atoms with Crippen LogP contribution in [0, 0.1) is 13.8 Å². The Morgan fingerprint density at radius 3 is 2.58 bits per heavy atom. The Hall–Kier alpha value is -2.63. The van der Waals surface area contributed by atoms with Crippen LogP contribution in [0.1, 0.15) is 53.8 Å². The molecule has 1 aliphatic carbocycles. The zero-order valence-corrected chi connectivity index (χ0v) is 15.3. The number of anilines is 1. The molecule has 26 heavy (non-hydrogen) atoms. The summed E-state index contributed by atoms with van der Waals surface area (Å²) in [5.41, 5.74) is 1.58. The number of carbonyl (C=O) groups is 2. The fourth-order valence-electron chi connectivity index (χ4n) is 3.49. The number of rotatable bonds is 5. The Kier molecular flexibility index (Phi) is 5.71. The molecule has 6 heteroatoms. The highest BCUT2D eigenvalue weighted by Crippen LogP contribution is 2.25. The predicted molar refractivity (Wildman–Crippen MR) is 99.0 cm³/mol. The molecule has 1 heterocycles. The van der Waals surface area contributed by atoms with Crippen molar-refractivity contribution in [2.45, 2.75) is 52.0 Å². The summed E-state index contributed by atoms with van der Waals surface area (Å²) in [6.45, 7) is 3.70. The molecule has 0 saturated heterocycles. The fraction of sp³-hybridized carbons (Fsp3) is 0.450. The lowest BCUT2D eigenvalue weighted by Crippen LogP contribution is -2.46. The van der Waals surface area contributed by atoms with Gasteiger partial charge in [0.05, 0.1) is 0 Å². The van der Waals surface area contributed by atoms with E-state index in [0.29, 0.717) is 17.1 Å². The third-order valence-electron chi connectivity index (χ3n) is 4.86. The van der Waals surface area contributed by atoms with Gasteiger partial charge in [-0.3, -0.25) is 9.59 Å². The van der Waals surface area contributed by atoms with Crippen molar-refractivity contribution in [2.24, 2.45) is 0 Å². The molecule has 138 valence electrons. The smallest absolute Gasteiger partial charge is 0.254 e. The second-order valence-corrected chi connectivity index (χ2v) is 6.91. The first-order valence-electron chi connectivity index (χ1n) is 9.14. The Balaban J connectivity index is 1.77. The number of hydrogen-bond donors (Lipinski definition) is 1. The maximum Gasteiger partial charge on any atom is 0.254 e. The third-order valence-corrected chi connectivity index (χ3v) is 4.86. The summed E-state index contributed by atoms with van der Waals surface area (Å²) >= 11 is 0. The topological polar surface area (TPSA) is 75.4 Å². The van der Waals surface area contributed by atoms with Crippen LogP contribution in [0.2, 0.25) is 0 Å². The van der Waals surface area contributed by atoms with Gasteiger partial charge in [-0.1, -0.05) is 42.6 Å². The Labute approximate surface area is 153 Å². The van der Waals surface area contributed by atoms with Gasteiger partial charge in [-0.05, 0) is 38.3 Å². The van der Waals surface area contributed by atoms with Crippen molar-refractivity contribution in [2.75, 3.05) is 11.9 Å². The first kappa shape index (κ1) is 18.2. The molecule has 0 atom stereocenters. The van der Waals surface area contributed by atoms with Crippen molar-refractivity contribution >= 4 is 17.6 Å². The van der Waals surface area contributed by atoms with Gasteiger partial charge in [0.2, 0.25) is 5.91 Å². The molecule has 0 spiro atoms. The van der Waals surface area contributed by atoms with E-state index in [2.05, 4.69) is 10.5 Å². The van der Waals surface area contributed by atoms with Crippen LogP contribution in [0.5, 0.6) is 0 Å². The third kappa shape index (κ3) is 4.31. The Bertz CT molecular complexity index is 778. The zero-order valence-electron chi connectivity index (χ0n) is 15.3. The van der Waals surface area contributed by atoms with Crippen LogP contribution in [-0.4, -0.2) is 34.5 Å². The standard InChI is InChI=1S/C20H25N3O3/c1-14-8-6-7-11-17(14)20(25)23(16-9-4-3-5-10-16)13-19(24)21-18-12-15(2)26-22-18/h6-8,11-12,16H,3-5,9-10,13H2,1-2H3,(H,21,22,24). The summed E-state index contributed by atoms with van der Waals surface area (Å²) in [5.74, 6) is 0.659. The zero-order chi connectivity index (χ0) is 18.5. The molecule has 0 unspecified atom stereocenters. The van der Waals surface area contributed by atoms with E-state index in [-0.39, 0.29) is 24.4 Å². The van der Waals surface area contributed by atoms with Crippen LogP contribution in [0.25, 0.3) is 0 Å². The first-order valence-corrected chi connectivity index (χ1v) is 9.14. The van der Waals surface area contributed by atoms with Crippen molar-refractivity contribution in [1.29, 1.82) is 0 Å². The average Bonchev–Trinajstić information content (AvgIpc) is 3.05. The van der Waals surface area contributed by atoms with Crippen LogP contribution in [0.15, 0.2) is 34.9 Å². The number of hydrogen-bond acceptors (Lipinski definition) is 4. The quantitative estimate of drug-likeness (QED) is 0.887. The lowest BCUT2D eigenvalue weighted by atomic mass is 9.93. The van der Waals surface area contributed by atoms with Gasteiger partial charge < -0.3 is 14.7 Å². The summed E-state index contributed by atoms with van der Waals surface area (Å²) in [5, 5.41) is 6.50. The van der Waals surface area contributed by atoms with E-state index in [0.717, 1.165) is 31.2 Å². The normalized spacial score (nSPS) is 14.8. The van der Waals surface area contributed by atoms with Gasteiger partial charge in [0, 0.05) is 17.7 Å². The molecule has 2 amide bonds. The number of benzene rings is 1. The summed E-state index contributed by atoms with van der Waals surface area (Å²) in [7, 11) is 0. The molecule has 3 rings (SSSR count). The van der Waals surface area contributed by atoms with E-state index >= 15 is 0 Å². The number of carbonyl (C=O) groups excluding carboxylic acids is 2. The second-order valence-electron chi connectivity index (χ2n) is 6.91. The fourth-order valence-corrected chi connectivity index (χ4v) is 3.49. The molecule has 1 aromatic heterocycles. The number of nitrogens with one attached hydrogen (secondary N) is 1. The molecule has 1 N–H and O–H groups in total. The maximum absolute atomic E-state index is 13.2. The molecule has 2 aromatic rings. The lowest BCUT2D eigenvalue weighted by Gasteiger charge is -2.34. The predicted octanol–water partition coefficient (Wildman–Crippen LogP) is 3.71. The number of amides is 2. The Morgan fingerprint density at radius 2 is 1.92 bits per heavy atom. The van der Waals surface area contributed by atoms with Gasteiger partial charge in [-0.2, -0.15) is 0 Å². The van der Waals surface area contributed by atoms with Crippen molar-refractivity contribution in [3.8, 4) is 0 Å². The van der Waals surface area contributed by atoms with Crippen LogP contribution >= 0.6 is 0 Å². The highest BCUT2D eigenvalue weighted by Gasteiger charge is 2.29. The molecule has 0 radical (unpaired) electrons.